The molecule has 0 radical (unpaired) electrons. The van der Waals surface area contributed by atoms with Crippen molar-refractivity contribution in [1.29, 1.82) is 0 Å². The second-order valence-electron chi connectivity index (χ2n) is 7.61. The van der Waals surface area contributed by atoms with E-state index in [1.54, 1.807) is 47.1 Å². The molecular formula is C27H20ClN3O2S. The molecule has 0 aliphatic rings. The van der Waals surface area contributed by atoms with Crippen molar-refractivity contribution in [3.05, 3.63) is 120 Å². The minimum Gasteiger partial charge on any atom is -0.263 e. The Morgan fingerprint density at radius 1 is 0.676 bits per heavy atom. The summed E-state index contributed by atoms with van der Waals surface area (Å²) < 4.78 is 31.2. The van der Waals surface area contributed by atoms with Crippen molar-refractivity contribution < 1.29 is 8.42 Å². The summed E-state index contributed by atoms with van der Waals surface area (Å²) in [6.45, 7) is 0. The lowest BCUT2D eigenvalue weighted by Crippen LogP contribution is -2.16. The molecule has 0 aliphatic heterocycles. The van der Waals surface area contributed by atoms with Gasteiger partial charge in [-0.2, -0.15) is 5.10 Å². The molecule has 1 aromatic heterocycles. The summed E-state index contributed by atoms with van der Waals surface area (Å²) in [6.07, 6.45) is 0. The number of nitrogens with zero attached hydrogens (tertiary/aromatic N) is 2. The van der Waals surface area contributed by atoms with Gasteiger partial charge in [-0.15, -0.1) is 0 Å². The predicted octanol–water partition coefficient (Wildman–Crippen LogP) is 6.66. The number of anilines is 1. The third-order valence-electron chi connectivity index (χ3n) is 5.35. The van der Waals surface area contributed by atoms with E-state index < -0.39 is 10.0 Å². The summed E-state index contributed by atoms with van der Waals surface area (Å²) >= 11 is 6.13. The van der Waals surface area contributed by atoms with Gasteiger partial charge in [0.2, 0.25) is 0 Å². The second kappa shape index (κ2) is 9.17. The van der Waals surface area contributed by atoms with Crippen LogP contribution < -0.4 is 4.72 Å². The van der Waals surface area contributed by atoms with E-state index in [2.05, 4.69) is 4.72 Å². The minimum absolute atomic E-state index is 0.169. The fourth-order valence-corrected chi connectivity index (χ4v) is 4.94. The molecule has 5 aromatic rings. The third-order valence-corrected chi connectivity index (χ3v) is 6.96. The standard InChI is InChI=1S/C27H20ClN3O2S/c28-22-18-16-21(17-19-22)26-25(20-10-4-1-5-11-20)27(31(29-26)23-12-6-2-7-13-23)30-34(32,33)24-14-8-3-9-15-24/h1-19,30H. The Morgan fingerprint density at radius 2 is 1.24 bits per heavy atom. The average Bonchev–Trinajstić information content (AvgIpc) is 3.24. The molecule has 5 nitrogen and oxygen atoms in total. The Labute approximate surface area is 203 Å². The van der Waals surface area contributed by atoms with E-state index in [9.17, 15) is 8.42 Å². The SMILES string of the molecule is O=S(=O)(Nc1c(-c2ccccc2)c(-c2ccc(Cl)cc2)nn1-c1ccccc1)c1ccccc1. The smallest absolute Gasteiger partial charge is 0.263 e. The molecule has 0 bridgehead atoms. The van der Waals surface area contributed by atoms with Crippen LogP contribution in [0.5, 0.6) is 0 Å². The zero-order valence-electron chi connectivity index (χ0n) is 18.0. The number of hydrogen-bond donors (Lipinski definition) is 1. The number of hydrogen-bond acceptors (Lipinski definition) is 3. The van der Waals surface area contributed by atoms with E-state index >= 15 is 0 Å². The molecule has 0 atom stereocenters. The Kier molecular flexibility index (Phi) is 5.92. The van der Waals surface area contributed by atoms with E-state index in [-0.39, 0.29) is 4.90 Å². The maximum Gasteiger partial charge on any atom is 0.263 e. The highest BCUT2D eigenvalue weighted by Gasteiger charge is 2.26. The summed E-state index contributed by atoms with van der Waals surface area (Å²) in [7, 11) is -3.88. The van der Waals surface area contributed by atoms with Crippen LogP contribution in [0.3, 0.4) is 0 Å². The summed E-state index contributed by atoms with van der Waals surface area (Å²) in [5, 5.41) is 5.49. The van der Waals surface area contributed by atoms with E-state index in [0.29, 0.717) is 22.1 Å². The van der Waals surface area contributed by atoms with Gasteiger partial charge in [-0.1, -0.05) is 90.5 Å². The van der Waals surface area contributed by atoms with Gasteiger partial charge < -0.3 is 0 Å². The van der Waals surface area contributed by atoms with Crippen LogP contribution in [0.15, 0.2) is 120 Å². The number of aromatic nitrogens is 2. The molecule has 0 aliphatic carbocycles. The number of halogens is 1. The fourth-order valence-electron chi connectivity index (χ4n) is 3.74. The lowest BCUT2D eigenvalue weighted by Gasteiger charge is -2.13. The zero-order chi connectivity index (χ0) is 23.5. The molecule has 4 aromatic carbocycles. The van der Waals surface area contributed by atoms with Gasteiger partial charge in [0.15, 0.2) is 5.82 Å². The lowest BCUT2D eigenvalue weighted by atomic mass is 10.0. The highest BCUT2D eigenvalue weighted by Crippen LogP contribution is 2.40. The van der Waals surface area contributed by atoms with Gasteiger partial charge in [0.1, 0.15) is 5.69 Å². The van der Waals surface area contributed by atoms with Crippen LogP contribution in [-0.4, -0.2) is 18.2 Å². The first kappa shape index (κ1) is 21.9. The molecule has 0 saturated heterocycles. The van der Waals surface area contributed by atoms with Crippen molar-refractivity contribution in [2.24, 2.45) is 0 Å². The molecule has 1 heterocycles. The Bertz CT molecular complexity index is 1520. The molecule has 0 saturated carbocycles. The van der Waals surface area contributed by atoms with Crippen LogP contribution in [0.4, 0.5) is 5.82 Å². The molecule has 5 rings (SSSR count). The molecule has 0 unspecified atom stereocenters. The molecule has 0 spiro atoms. The zero-order valence-corrected chi connectivity index (χ0v) is 19.5. The number of para-hydroxylation sites is 1. The Balaban J connectivity index is 1.79. The van der Waals surface area contributed by atoms with Crippen molar-refractivity contribution >= 4 is 27.4 Å². The molecule has 34 heavy (non-hydrogen) atoms. The highest BCUT2D eigenvalue weighted by atomic mass is 35.5. The molecule has 7 heteroatoms. The van der Waals surface area contributed by atoms with Crippen LogP contribution in [0.25, 0.3) is 28.1 Å². The topological polar surface area (TPSA) is 64.0 Å². The number of rotatable bonds is 6. The van der Waals surface area contributed by atoms with Gasteiger partial charge in [0, 0.05) is 10.6 Å². The van der Waals surface area contributed by atoms with Crippen LogP contribution >= 0.6 is 11.6 Å². The Hall–Kier alpha value is -3.87. The summed E-state index contributed by atoms with van der Waals surface area (Å²) in [6, 6.07) is 34.7. The van der Waals surface area contributed by atoms with Crippen molar-refractivity contribution in [3.63, 3.8) is 0 Å². The van der Waals surface area contributed by atoms with Crippen LogP contribution in [0.2, 0.25) is 5.02 Å². The van der Waals surface area contributed by atoms with Gasteiger partial charge in [-0.05, 0) is 42.0 Å². The largest absolute Gasteiger partial charge is 0.263 e. The van der Waals surface area contributed by atoms with Gasteiger partial charge >= 0.3 is 0 Å². The lowest BCUT2D eigenvalue weighted by molar-refractivity contribution is 0.600. The average molecular weight is 486 g/mol. The quantitative estimate of drug-likeness (QED) is 0.292. The van der Waals surface area contributed by atoms with Gasteiger partial charge in [0.25, 0.3) is 10.0 Å². The molecule has 0 fully saturated rings. The van der Waals surface area contributed by atoms with Gasteiger partial charge in [0.05, 0.1) is 16.1 Å². The van der Waals surface area contributed by atoms with E-state index in [0.717, 1.165) is 16.8 Å². The van der Waals surface area contributed by atoms with Crippen LogP contribution in [-0.2, 0) is 10.0 Å². The monoisotopic (exact) mass is 485 g/mol. The number of sulfonamides is 1. The summed E-state index contributed by atoms with van der Waals surface area (Å²) in [5.41, 5.74) is 3.69. The number of nitrogens with one attached hydrogen (secondary N) is 1. The molecule has 168 valence electrons. The number of benzene rings is 4. The minimum atomic E-state index is -3.88. The van der Waals surface area contributed by atoms with Crippen LogP contribution in [0, 0.1) is 0 Å². The molecular weight excluding hydrogens is 466 g/mol. The first-order valence-corrected chi connectivity index (χ1v) is 12.5. The van der Waals surface area contributed by atoms with E-state index in [1.807, 2.05) is 72.8 Å². The molecule has 1 N–H and O–H groups in total. The third kappa shape index (κ3) is 4.33. The first-order chi connectivity index (χ1) is 16.5. The molecule has 0 amide bonds. The summed E-state index contributed by atoms with van der Waals surface area (Å²) in [5.74, 6) is 0.353. The van der Waals surface area contributed by atoms with Gasteiger partial charge in [-0.3, -0.25) is 4.72 Å². The Morgan fingerprint density at radius 3 is 1.85 bits per heavy atom. The maximum atomic E-state index is 13.4. The predicted molar refractivity (Wildman–Crippen MR) is 137 cm³/mol. The second-order valence-corrected chi connectivity index (χ2v) is 9.73. The van der Waals surface area contributed by atoms with E-state index in [4.69, 9.17) is 16.7 Å². The summed E-state index contributed by atoms with van der Waals surface area (Å²) in [4.78, 5) is 0.169. The first-order valence-electron chi connectivity index (χ1n) is 10.6. The normalized spacial score (nSPS) is 11.3. The van der Waals surface area contributed by atoms with Crippen molar-refractivity contribution in [2.75, 3.05) is 4.72 Å². The van der Waals surface area contributed by atoms with E-state index in [1.165, 1.54) is 0 Å². The van der Waals surface area contributed by atoms with Crippen molar-refractivity contribution in [1.82, 2.24) is 9.78 Å². The van der Waals surface area contributed by atoms with Crippen molar-refractivity contribution in [3.8, 4) is 28.1 Å². The maximum absolute atomic E-state index is 13.4. The highest BCUT2D eigenvalue weighted by molar-refractivity contribution is 7.92. The van der Waals surface area contributed by atoms with Crippen molar-refractivity contribution in [2.45, 2.75) is 4.90 Å². The van der Waals surface area contributed by atoms with Gasteiger partial charge in [-0.25, -0.2) is 13.1 Å². The fraction of sp³-hybridized carbons (Fsp3) is 0. The van der Waals surface area contributed by atoms with Crippen LogP contribution in [0.1, 0.15) is 0 Å².